The van der Waals surface area contributed by atoms with Gasteiger partial charge in [-0.3, -0.25) is 0 Å². The molecule has 0 aliphatic carbocycles. The van der Waals surface area contributed by atoms with E-state index in [-0.39, 0.29) is 44.0 Å². The van der Waals surface area contributed by atoms with Crippen LogP contribution in [-0.2, 0) is 0 Å². The van der Waals surface area contributed by atoms with E-state index >= 15 is 4.39 Å². The number of benzene rings is 1. The number of nitrogens with one attached hydrogen (secondary N) is 1. The Morgan fingerprint density at radius 2 is 1.89 bits per heavy atom. The number of hydrogen-bond acceptors (Lipinski definition) is 7. The Kier molecular flexibility index (Phi) is 5.87. The van der Waals surface area contributed by atoms with Crippen LogP contribution in [0.15, 0.2) is 24.5 Å². The van der Waals surface area contributed by atoms with E-state index in [1.807, 2.05) is 0 Å². The summed E-state index contributed by atoms with van der Waals surface area (Å²) in [7, 11) is 0. The summed E-state index contributed by atoms with van der Waals surface area (Å²) in [4.78, 5) is 18.6. The van der Waals surface area contributed by atoms with E-state index in [2.05, 4.69) is 30.0 Å². The van der Waals surface area contributed by atoms with Crippen LogP contribution < -0.4 is 30.8 Å². The fourth-order valence-electron chi connectivity index (χ4n) is 6.12. The average Bonchev–Trinajstić information content (AvgIpc) is 3.64. The van der Waals surface area contributed by atoms with Crippen LogP contribution in [0.4, 0.5) is 14.6 Å². The molecule has 1 aromatic carbocycles. The first kappa shape index (κ1) is 23.4. The molecule has 3 fully saturated rings. The quantitative estimate of drug-likeness (QED) is 0.204. The summed E-state index contributed by atoms with van der Waals surface area (Å²) in [5.41, 5.74) is 1.04. The van der Waals surface area contributed by atoms with Crippen LogP contribution in [0.3, 0.4) is 0 Å². The van der Waals surface area contributed by atoms with Crippen molar-refractivity contribution in [3.63, 3.8) is 0 Å². The Balaban J connectivity index is 1.34. The van der Waals surface area contributed by atoms with Gasteiger partial charge in [0.1, 0.15) is 0 Å². The van der Waals surface area contributed by atoms with Gasteiger partial charge >= 0.3 is 224 Å². The first-order chi connectivity index (χ1) is 18.1. The molecule has 0 unspecified atom stereocenters. The number of aromatic amines is 1. The van der Waals surface area contributed by atoms with Crippen molar-refractivity contribution in [2.75, 3.05) is 40.1 Å². The number of ether oxygens (including phenoxy) is 1. The Labute approximate surface area is 223 Å². The van der Waals surface area contributed by atoms with Gasteiger partial charge in [-0.25, -0.2) is 0 Å². The summed E-state index contributed by atoms with van der Waals surface area (Å²) in [5.74, 6) is -0.417. The summed E-state index contributed by atoms with van der Waals surface area (Å²) >= 11 is 0.0394. The summed E-state index contributed by atoms with van der Waals surface area (Å²) in [5, 5.41) is 7.91. The van der Waals surface area contributed by atoms with Crippen LogP contribution in [0, 0.1) is 11.6 Å². The molecule has 3 aliphatic rings. The zero-order chi connectivity index (χ0) is 25.0. The van der Waals surface area contributed by atoms with Crippen molar-refractivity contribution in [1.29, 1.82) is 0 Å². The van der Waals surface area contributed by atoms with Crippen molar-refractivity contribution < 1.29 is 34.7 Å². The van der Waals surface area contributed by atoms with E-state index in [0.717, 1.165) is 43.4 Å². The van der Waals surface area contributed by atoms with Crippen molar-refractivity contribution in [3.05, 3.63) is 36.2 Å². The molecule has 7 rings (SSSR count). The van der Waals surface area contributed by atoms with Gasteiger partial charge in [0.2, 0.25) is 0 Å². The van der Waals surface area contributed by atoms with Crippen LogP contribution in [0.2, 0.25) is 0 Å². The summed E-state index contributed by atoms with van der Waals surface area (Å²) in [6, 6.07) is 2.83. The Hall–Kier alpha value is -2.67. The molecule has 11 heteroatoms. The summed E-state index contributed by atoms with van der Waals surface area (Å²) in [6.07, 6.45) is 8.82. The first-order valence-electron chi connectivity index (χ1n) is 12.8. The molecule has 0 saturated carbocycles. The maximum absolute atomic E-state index is 16.2. The number of H-pyrrole nitrogens is 1. The molecule has 0 amide bonds. The van der Waals surface area contributed by atoms with E-state index in [0.29, 0.717) is 34.3 Å². The molecule has 0 radical (unpaired) electrons. The predicted molar refractivity (Wildman–Crippen MR) is 132 cm³/mol. The van der Waals surface area contributed by atoms with E-state index in [9.17, 15) is 4.39 Å². The minimum atomic E-state index is -0.604. The number of aromatic nitrogens is 5. The van der Waals surface area contributed by atoms with E-state index in [4.69, 9.17) is 9.72 Å². The fourth-order valence-corrected chi connectivity index (χ4v) is 8.58. The number of rotatable bonds is 5. The van der Waals surface area contributed by atoms with Gasteiger partial charge in [0.15, 0.2) is 0 Å². The van der Waals surface area contributed by atoms with Gasteiger partial charge in [0.05, 0.1) is 0 Å². The second kappa shape index (κ2) is 9.26. The Bertz CT molecular complexity index is 1480. The van der Waals surface area contributed by atoms with Crippen LogP contribution in [0.5, 0.6) is 6.01 Å². The molecule has 3 aliphatic heterocycles. The number of alkyl halides is 2. The number of hydrogen-bond donors (Lipinski definition) is 1. The van der Waals surface area contributed by atoms with Gasteiger partial charge in [0, 0.05) is 0 Å². The molecule has 0 spiro atoms. The second-order valence-electron chi connectivity index (χ2n) is 10.1. The van der Waals surface area contributed by atoms with Crippen LogP contribution in [-0.4, -0.2) is 70.8 Å². The van der Waals surface area contributed by atoms with Gasteiger partial charge in [0.25, 0.3) is 0 Å². The van der Waals surface area contributed by atoms with Crippen molar-refractivity contribution in [3.8, 4) is 17.3 Å². The molecular weight excluding hydrogens is 591 g/mol. The molecular formula is C26H27F2IN7O-. The fraction of sp³-hybridized carbons (Fsp3) is 0.462. The molecule has 3 aromatic heterocycles. The summed E-state index contributed by atoms with van der Waals surface area (Å²) < 4.78 is 39.1. The Morgan fingerprint density at radius 1 is 1.03 bits per heavy atom. The molecule has 4 aromatic rings. The van der Waals surface area contributed by atoms with Gasteiger partial charge in [-0.05, 0) is 0 Å². The van der Waals surface area contributed by atoms with Gasteiger partial charge in [-0.1, -0.05) is 0 Å². The first-order valence-corrected chi connectivity index (χ1v) is 15.8. The van der Waals surface area contributed by atoms with Gasteiger partial charge in [-0.15, -0.1) is 0 Å². The van der Waals surface area contributed by atoms with Crippen molar-refractivity contribution in [2.45, 2.75) is 37.6 Å². The van der Waals surface area contributed by atoms with E-state index in [1.165, 1.54) is 29.4 Å². The SMILES string of the molecule is Fc1cc(-c2ncc3c(N4CCC[I-]C4)nc(OCC45CCCN4CCC5)nc3c2F)c2cn[nH]c2c1. The van der Waals surface area contributed by atoms with Crippen LogP contribution in [0.1, 0.15) is 32.1 Å². The van der Waals surface area contributed by atoms with E-state index in [1.54, 1.807) is 12.4 Å². The summed E-state index contributed by atoms with van der Waals surface area (Å²) in [6.45, 7) is 3.57. The molecule has 0 bridgehead atoms. The van der Waals surface area contributed by atoms with Crippen molar-refractivity contribution in [2.24, 2.45) is 0 Å². The zero-order valence-corrected chi connectivity index (χ0v) is 22.5. The predicted octanol–water partition coefficient (Wildman–Crippen LogP) is 1.11. The molecule has 8 nitrogen and oxygen atoms in total. The average molecular weight is 618 g/mol. The molecule has 1 N–H and O–H groups in total. The van der Waals surface area contributed by atoms with Crippen molar-refractivity contribution >= 4 is 27.6 Å². The van der Waals surface area contributed by atoms with Crippen molar-refractivity contribution in [1.82, 2.24) is 30.0 Å². The molecule has 194 valence electrons. The minimum absolute atomic E-state index is 0.0332. The maximum atomic E-state index is 16.2. The normalized spacial score (nSPS) is 19.9. The number of halogens is 3. The number of fused-ring (bicyclic) bond motifs is 3. The standard InChI is InChI=1S/C26H27F2IN7O/c27-16-10-17(18-13-31-34-20(18)11-16)22-21(28)23-19(12-30-22)24(35-7-3-6-29-15-35)33-25(32-23)37-14-26-4-1-8-36(26)9-2-5-26/h10-13H,1-9,14-15H2,(H,31,34)/q-1. The third-order valence-corrected chi connectivity index (χ3v) is 10.8. The third kappa shape index (κ3) is 4.01. The zero-order valence-electron chi connectivity index (χ0n) is 20.3. The van der Waals surface area contributed by atoms with Gasteiger partial charge < -0.3 is 0 Å². The Morgan fingerprint density at radius 3 is 2.70 bits per heavy atom. The molecule has 3 saturated heterocycles. The topological polar surface area (TPSA) is 83.1 Å². The van der Waals surface area contributed by atoms with E-state index < -0.39 is 11.6 Å². The molecule has 0 atom stereocenters. The van der Waals surface area contributed by atoms with Crippen LogP contribution in [0.25, 0.3) is 33.1 Å². The van der Waals surface area contributed by atoms with Crippen LogP contribution >= 0.6 is 0 Å². The number of nitrogens with zero attached hydrogens (tertiary/aromatic N) is 6. The number of pyridine rings is 1. The van der Waals surface area contributed by atoms with Gasteiger partial charge in [-0.2, -0.15) is 0 Å². The second-order valence-corrected chi connectivity index (χ2v) is 13.0. The number of anilines is 1. The monoisotopic (exact) mass is 618 g/mol. The third-order valence-electron chi connectivity index (χ3n) is 7.93. The molecule has 6 heterocycles. The molecule has 37 heavy (non-hydrogen) atoms.